The van der Waals surface area contributed by atoms with E-state index in [1.807, 2.05) is 0 Å². The number of aromatic nitrogens is 1. The molecule has 2 aliphatic rings. The molecule has 3 rings (SSSR count). The summed E-state index contributed by atoms with van der Waals surface area (Å²) in [7, 11) is 0. The van der Waals surface area contributed by atoms with Gasteiger partial charge in [0.15, 0.2) is 0 Å². The molecule has 20 heavy (non-hydrogen) atoms. The van der Waals surface area contributed by atoms with Gasteiger partial charge in [0.05, 0.1) is 10.7 Å². The van der Waals surface area contributed by atoms with E-state index in [0.717, 1.165) is 25.7 Å². The Bertz CT molecular complexity index is 439. The third kappa shape index (κ3) is 3.22. The number of nitrogens with zero attached hydrogens (tertiary/aromatic N) is 3. The van der Waals surface area contributed by atoms with Crippen LogP contribution in [-0.4, -0.2) is 60.1 Å². The molecule has 0 atom stereocenters. The van der Waals surface area contributed by atoms with Crippen LogP contribution in [0.3, 0.4) is 0 Å². The van der Waals surface area contributed by atoms with Crippen LogP contribution in [0, 0.1) is 0 Å². The van der Waals surface area contributed by atoms with Crippen LogP contribution in [0.1, 0.15) is 31.5 Å². The van der Waals surface area contributed by atoms with Gasteiger partial charge in [0.2, 0.25) is 0 Å². The molecular weight excluding hydrogens is 268 g/mol. The van der Waals surface area contributed by atoms with Gasteiger partial charge in [0.1, 0.15) is 0 Å². The minimum Gasteiger partial charge on any atom is -0.314 e. The zero-order valence-electron chi connectivity index (χ0n) is 12.9. The average Bonchev–Trinajstić information content (AvgIpc) is 2.83. The first-order valence-electron chi connectivity index (χ1n) is 7.64. The number of rotatable bonds is 3. The smallest absolute Gasteiger partial charge is 0.0982 e. The summed E-state index contributed by atoms with van der Waals surface area (Å²) in [5.74, 6) is 0. The van der Waals surface area contributed by atoms with E-state index in [1.165, 1.54) is 36.9 Å². The summed E-state index contributed by atoms with van der Waals surface area (Å²) in [6.45, 7) is 14.9. The van der Waals surface area contributed by atoms with Gasteiger partial charge in [-0.25, -0.2) is 4.98 Å². The van der Waals surface area contributed by atoms with Gasteiger partial charge in [0.25, 0.3) is 0 Å². The Hall–Kier alpha value is -0.490. The predicted octanol–water partition coefficient (Wildman–Crippen LogP) is 1.53. The summed E-state index contributed by atoms with van der Waals surface area (Å²) < 4.78 is 0. The quantitative estimate of drug-likeness (QED) is 0.916. The summed E-state index contributed by atoms with van der Waals surface area (Å²) >= 11 is 1.81. The number of hydrogen-bond donors (Lipinski definition) is 1. The molecule has 2 saturated heterocycles. The lowest BCUT2D eigenvalue weighted by atomic mass is 9.98. The highest BCUT2D eigenvalue weighted by Gasteiger charge is 2.32. The van der Waals surface area contributed by atoms with Crippen molar-refractivity contribution in [3.8, 4) is 0 Å². The monoisotopic (exact) mass is 294 g/mol. The van der Waals surface area contributed by atoms with Crippen LogP contribution in [0.15, 0.2) is 5.38 Å². The van der Waals surface area contributed by atoms with Crippen molar-refractivity contribution in [1.29, 1.82) is 0 Å². The molecule has 0 radical (unpaired) electrons. The van der Waals surface area contributed by atoms with Crippen molar-refractivity contribution in [2.24, 2.45) is 0 Å². The third-order valence-corrected chi connectivity index (χ3v) is 5.50. The van der Waals surface area contributed by atoms with E-state index in [9.17, 15) is 0 Å². The molecule has 0 aliphatic carbocycles. The maximum Gasteiger partial charge on any atom is 0.0982 e. The lowest BCUT2D eigenvalue weighted by molar-refractivity contribution is 0.0216. The Morgan fingerprint density at radius 1 is 1.30 bits per heavy atom. The fourth-order valence-electron chi connectivity index (χ4n) is 2.90. The topological polar surface area (TPSA) is 31.4 Å². The van der Waals surface area contributed by atoms with Crippen LogP contribution in [0.2, 0.25) is 0 Å². The second-order valence-corrected chi connectivity index (χ2v) is 7.89. The molecule has 0 amide bonds. The molecule has 112 valence electrons. The molecular formula is C15H26N4S. The summed E-state index contributed by atoms with van der Waals surface area (Å²) in [6, 6.07) is 0.776. The van der Waals surface area contributed by atoms with E-state index in [2.05, 4.69) is 41.3 Å². The molecule has 0 saturated carbocycles. The molecule has 3 heterocycles. The van der Waals surface area contributed by atoms with E-state index in [4.69, 9.17) is 4.98 Å². The molecule has 2 aliphatic heterocycles. The molecule has 1 aromatic heterocycles. The standard InChI is InChI=1S/C15H26N4S/c1-15(2,3)14-17-12(11-20-14)8-18-9-13(10-18)19-6-4-16-5-7-19/h11,13,16H,4-10H2,1-3H3. The maximum atomic E-state index is 4.79. The minimum atomic E-state index is 0.182. The summed E-state index contributed by atoms with van der Waals surface area (Å²) in [5, 5.41) is 6.91. The second kappa shape index (κ2) is 5.72. The number of hydrogen-bond acceptors (Lipinski definition) is 5. The van der Waals surface area contributed by atoms with Crippen molar-refractivity contribution in [2.75, 3.05) is 39.3 Å². The molecule has 0 unspecified atom stereocenters. The zero-order valence-corrected chi connectivity index (χ0v) is 13.7. The zero-order chi connectivity index (χ0) is 14.2. The Balaban J connectivity index is 1.47. The molecule has 1 aromatic rings. The van der Waals surface area contributed by atoms with Crippen LogP contribution >= 0.6 is 11.3 Å². The van der Waals surface area contributed by atoms with Gasteiger partial charge < -0.3 is 5.32 Å². The van der Waals surface area contributed by atoms with Gasteiger partial charge in [-0.3, -0.25) is 9.80 Å². The highest BCUT2D eigenvalue weighted by atomic mass is 32.1. The lowest BCUT2D eigenvalue weighted by Crippen LogP contribution is -2.62. The molecule has 0 spiro atoms. The van der Waals surface area contributed by atoms with E-state index in [-0.39, 0.29) is 5.41 Å². The van der Waals surface area contributed by atoms with Crippen LogP contribution in [0.25, 0.3) is 0 Å². The van der Waals surface area contributed by atoms with Crippen LogP contribution in [-0.2, 0) is 12.0 Å². The molecule has 4 nitrogen and oxygen atoms in total. The van der Waals surface area contributed by atoms with Gasteiger partial charge in [-0.05, 0) is 0 Å². The predicted molar refractivity (Wildman–Crippen MR) is 84.3 cm³/mol. The highest BCUT2D eigenvalue weighted by molar-refractivity contribution is 7.09. The third-order valence-electron chi connectivity index (χ3n) is 4.18. The van der Waals surface area contributed by atoms with Crippen molar-refractivity contribution in [2.45, 2.75) is 38.8 Å². The average molecular weight is 294 g/mol. The molecule has 5 heteroatoms. The Kier molecular flexibility index (Phi) is 4.13. The Morgan fingerprint density at radius 3 is 2.60 bits per heavy atom. The van der Waals surface area contributed by atoms with E-state index < -0.39 is 0 Å². The SMILES string of the molecule is CC(C)(C)c1nc(CN2CC(N3CCNCC3)C2)cs1. The fourth-order valence-corrected chi connectivity index (χ4v) is 3.80. The largest absolute Gasteiger partial charge is 0.314 e. The summed E-state index contributed by atoms with van der Waals surface area (Å²) in [5.41, 5.74) is 1.43. The van der Waals surface area contributed by atoms with Gasteiger partial charge in [0, 0.05) is 62.7 Å². The first-order valence-corrected chi connectivity index (χ1v) is 8.52. The Labute approximate surface area is 126 Å². The number of nitrogens with one attached hydrogen (secondary N) is 1. The van der Waals surface area contributed by atoms with Gasteiger partial charge in [-0.15, -0.1) is 11.3 Å². The fraction of sp³-hybridized carbons (Fsp3) is 0.800. The first kappa shape index (κ1) is 14.4. The second-order valence-electron chi connectivity index (χ2n) is 7.03. The molecule has 1 N–H and O–H groups in total. The normalized spacial score (nSPS) is 22.9. The van der Waals surface area contributed by atoms with Crippen molar-refractivity contribution >= 4 is 11.3 Å². The van der Waals surface area contributed by atoms with E-state index >= 15 is 0 Å². The molecule has 0 aromatic carbocycles. The Morgan fingerprint density at radius 2 is 2.00 bits per heavy atom. The lowest BCUT2D eigenvalue weighted by Gasteiger charge is -2.46. The first-order chi connectivity index (χ1) is 9.52. The van der Waals surface area contributed by atoms with Gasteiger partial charge >= 0.3 is 0 Å². The van der Waals surface area contributed by atoms with Crippen molar-refractivity contribution < 1.29 is 0 Å². The molecule has 0 bridgehead atoms. The number of thiazole rings is 1. The van der Waals surface area contributed by atoms with Crippen LogP contribution in [0.5, 0.6) is 0 Å². The minimum absolute atomic E-state index is 0.182. The number of likely N-dealkylation sites (tertiary alicyclic amines) is 1. The van der Waals surface area contributed by atoms with Gasteiger partial charge in [-0.1, -0.05) is 20.8 Å². The van der Waals surface area contributed by atoms with E-state index in [0.29, 0.717) is 0 Å². The van der Waals surface area contributed by atoms with E-state index in [1.54, 1.807) is 11.3 Å². The van der Waals surface area contributed by atoms with Gasteiger partial charge in [-0.2, -0.15) is 0 Å². The van der Waals surface area contributed by atoms with Crippen molar-refractivity contribution in [3.05, 3.63) is 16.1 Å². The maximum absolute atomic E-state index is 4.79. The summed E-state index contributed by atoms with van der Waals surface area (Å²) in [4.78, 5) is 9.95. The summed E-state index contributed by atoms with van der Waals surface area (Å²) in [6.07, 6.45) is 0. The number of piperazine rings is 1. The van der Waals surface area contributed by atoms with Crippen molar-refractivity contribution in [3.63, 3.8) is 0 Å². The molecule has 2 fully saturated rings. The highest BCUT2D eigenvalue weighted by Crippen LogP contribution is 2.27. The van der Waals surface area contributed by atoms with Crippen molar-refractivity contribution in [1.82, 2.24) is 20.1 Å². The van der Waals surface area contributed by atoms with Crippen LogP contribution in [0.4, 0.5) is 0 Å². The van der Waals surface area contributed by atoms with Crippen LogP contribution < -0.4 is 5.32 Å².